The van der Waals surface area contributed by atoms with Gasteiger partial charge in [0.1, 0.15) is 0 Å². The van der Waals surface area contributed by atoms with E-state index in [-0.39, 0.29) is 6.04 Å². The third kappa shape index (κ3) is 4.05. The van der Waals surface area contributed by atoms with Gasteiger partial charge in [-0.1, -0.05) is 11.6 Å². The maximum absolute atomic E-state index is 11.6. The number of hydrogen-bond donors (Lipinski definition) is 2. The van der Waals surface area contributed by atoms with E-state index in [9.17, 15) is 4.79 Å². The van der Waals surface area contributed by atoms with Crippen molar-refractivity contribution in [3.8, 4) is 0 Å². The fourth-order valence-corrected chi connectivity index (χ4v) is 1.85. The minimum Gasteiger partial charge on any atom is -0.465 e. The molecule has 0 aliphatic heterocycles. The van der Waals surface area contributed by atoms with Gasteiger partial charge in [0.25, 0.3) is 0 Å². The highest BCUT2D eigenvalue weighted by atomic mass is 35.5. The van der Waals surface area contributed by atoms with Gasteiger partial charge in [0, 0.05) is 6.04 Å². The summed E-state index contributed by atoms with van der Waals surface area (Å²) in [4.78, 5) is 15.8. The maximum atomic E-state index is 11.6. The van der Waals surface area contributed by atoms with Crippen molar-refractivity contribution in [3.63, 3.8) is 0 Å². The Labute approximate surface area is 133 Å². The van der Waals surface area contributed by atoms with Crippen molar-refractivity contribution < 1.29 is 9.53 Å². The van der Waals surface area contributed by atoms with Crippen LogP contribution in [-0.4, -0.2) is 34.3 Å². The van der Waals surface area contributed by atoms with Crippen LogP contribution in [0, 0.1) is 0 Å². The van der Waals surface area contributed by atoms with Crippen LogP contribution in [0.25, 0.3) is 0 Å². The van der Waals surface area contributed by atoms with Crippen molar-refractivity contribution in [2.24, 2.45) is 0 Å². The normalized spacial score (nSPS) is 10.4. The van der Waals surface area contributed by atoms with Gasteiger partial charge in [-0.3, -0.25) is 0 Å². The molecule has 2 aromatic rings. The molecule has 0 bridgehead atoms. The zero-order chi connectivity index (χ0) is 16.1. The van der Waals surface area contributed by atoms with Crippen LogP contribution in [0.5, 0.6) is 0 Å². The molecule has 0 radical (unpaired) electrons. The summed E-state index contributed by atoms with van der Waals surface area (Å²) in [6.45, 7) is 3.94. The van der Waals surface area contributed by atoms with Crippen molar-refractivity contribution in [2.75, 3.05) is 17.7 Å². The Morgan fingerprint density at radius 1 is 1.36 bits per heavy atom. The summed E-state index contributed by atoms with van der Waals surface area (Å²) in [5.74, 6) is 0.421. The van der Waals surface area contributed by atoms with E-state index < -0.39 is 5.97 Å². The summed E-state index contributed by atoms with van der Waals surface area (Å²) < 4.78 is 4.69. The second kappa shape index (κ2) is 7.04. The van der Waals surface area contributed by atoms with E-state index >= 15 is 0 Å². The number of nitrogens with one attached hydrogen (secondary N) is 2. The molecule has 22 heavy (non-hydrogen) atoms. The Kier molecular flexibility index (Phi) is 5.11. The largest absolute Gasteiger partial charge is 0.465 e. The number of ether oxygens (including phenoxy) is 1. The average Bonchev–Trinajstić information content (AvgIpc) is 2.48. The lowest BCUT2D eigenvalue weighted by molar-refractivity contribution is 0.0601. The highest BCUT2D eigenvalue weighted by molar-refractivity contribution is 6.33. The molecule has 0 atom stereocenters. The third-order valence-corrected chi connectivity index (χ3v) is 2.96. The Morgan fingerprint density at radius 3 is 2.82 bits per heavy atom. The summed E-state index contributed by atoms with van der Waals surface area (Å²) in [5.41, 5.74) is 0.914. The van der Waals surface area contributed by atoms with Crippen LogP contribution >= 0.6 is 11.6 Å². The molecule has 8 heteroatoms. The maximum Gasteiger partial charge on any atom is 0.337 e. The highest BCUT2D eigenvalue weighted by Gasteiger charge is 2.10. The van der Waals surface area contributed by atoms with Crippen LogP contribution in [0.15, 0.2) is 24.4 Å². The molecule has 0 amide bonds. The van der Waals surface area contributed by atoms with Crippen molar-refractivity contribution >= 4 is 35.0 Å². The molecule has 7 nitrogen and oxygen atoms in total. The van der Waals surface area contributed by atoms with Crippen LogP contribution in [0.4, 0.5) is 17.5 Å². The smallest absolute Gasteiger partial charge is 0.337 e. The number of anilines is 3. The molecule has 2 rings (SSSR count). The molecule has 0 saturated carbocycles. The first-order valence-electron chi connectivity index (χ1n) is 6.60. The van der Waals surface area contributed by atoms with Gasteiger partial charge in [-0.15, -0.1) is 5.10 Å². The Bertz CT molecular complexity index is 678. The molecular formula is C14H16ClN5O2. The van der Waals surface area contributed by atoms with Gasteiger partial charge < -0.3 is 15.4 Å². The predicted octanol–water partition coefficient (Wildman–Crippen LogP) is 2.88. The van der Waals surface area contributed by atoms with E-state index in [2.05, 4.69) is 30.6 Å². The molecule has 0 fully saturated rings. The monoisotopic (exact) mass is 321 g/mol. The summed E-state index contributed by atoms with van der Waals surface area (Å²) in [7, 11) is 1.32. The lowest BCUT2D eigenvalue weighted by Crippen LogP contribution is -2.13. The van der Waals surface area contributed by atoms with Gasteiger partial charge in [-0.2, -0.15) is 10.1 Å². The number of methoxy groups -OCH3 is 1. The second-order valence-corrected chi connectivity index (χ2v) is 5.18. The number of aromatic nitrogens is 3. The lowest BCUT2D eigenvalue weighted by atomic mass is 10.2. The minimum atomic E-state index is -0.442. The third-order valence-electron chi connectivity index (χ3n) is 2.63. The summed E-state index contributed by atoms with van der Waals surface area (Å²) in [6.07, 6.45) is 1.46. The van der Waals surface area contributed by atoms with Gasteiger partial charge in [0.05, 0.1) is 29.6 Å². The number of nitrogens with zero attached hydrogens (tertiary/aromatic N) is 3. The predicted molar refractivity (Wildman–Crippen MR) is 84.7 cm³/mol. The van der Waals surface area contributed by atoms with Crippen LogP contribution in [0.2, 0.25) is 5.02 Å². The Hall–Kier alpha value is -2.41. The Balaban J connectivity index is 2.25. The summed E-state index contributed by atoms with van der Waals surface area (Å²) in [5, 5.41) is 14.3. The van der Waals surface area contributed by atoms with E-state index in [1.54, 1.807) is 18.2 Å². The van der Waals surface area contributed by atoms with E-state index in [0.717, 1.165) is 0 Å². The van der Waals surface area contributed by atoms with E-state index in [0.29, 0.717) is 28.0 Å². The molecule has 0 unspecified atom stereocenters. The molecule has 0 spiro atoms. The number of esters is 1. The molecule has 1 aromatic carbocycles. The first-order chi connectivity index (χ1) is 10.5. The zero-order valence-electron chi connectivity index (χ0n) is 12.4. The van der Waals surface area contributed by atoms with Crippen LogP contribution in [-0.2, 0) is 4.74 Å². The molecule has 116 valence electrons. The van der Waals surface area contributed by atoms with Crippen molar-refractivity contribution in [2.45, 2.75) is 19.9 Å². The number of carbonyl (C=O) groups is 1. The standard InChI is InChI=1S/C14H16ClN5O2/c1-8(2)17-14-19-12(7-16-20-14)18-11-6-9(13(21)22-3)4-5-10(11)15/h4-8H,1-3H3,(H2,17,18,19,20). The molecule has 0 aliphatic rings. The molecule has 0 aliphatic carbocycles. The quantitative estimate of drug-likeness (QED) is 0.818. The van der Waals surface area contributed by atoms with Gasteiger partial charge in [0.15, 0.2) is 5.82 Å². The van der Waals surface area contributed by atoms with Crippen LogP contribution in [0.1, 0.15) is 24.2 Å². The number of rotatable bonds is 5. The SMILES string of the molecule is COC(=O)c1ccc(Cl)c(Nc2cnnc(NC(C)C)n2)c1. The fraction of sp³-hybridized carbons (Fsp3) is 0.286. The molecule has 1 aromatic heterocycles. The van der Waals surface area contributed by atoms with Gasteiger partial charge in [-0.05, 0) is 32.0 Å². The first kappa shape index (κ1) is 16.0. The van der Waals surface area contributed by atoms with Crippen LogP contribution in [0.3, 0.4) is 0 Å². The van der Waals surface area contributed by atoms with Crippen molar-refractivity contribution in [1.82, 2.24) is 15.2 Å². The second-order valence-electron chi connectivity index (χ2n) is 4.78. The highest BCUT2D eigenvalue weighted by Crippen LogP contribution is 2.26. The fourth-order valence-electron chi connectivity index (χ4n) is 1.69. The first-order valence-corrected chi connectivity index (χ1v) is 6.98. The number of halogens is 1. The van der Waals surface area contributed by atoms with Crippen molar-refractivity contribution in [1.29, 1.82) is 0 Å². The van der Waals surface area contributed by atoms with Gasteiger partial charge in [0.2, 0.25) is 5.95 Å². The zero-order valence-corrected chi connectivity index (χ0v) is 13.2. The molecule has 0 saturated heterocycles. The van der Waals surface area contributed by atoms with E-state index in [1.165, 1.54) is 13.3 Å². The van der Waals surface area contributed by atoms with E-state index in [4.69, 9.17) is 11.6 Å². The topological polar surface area (TPSA) is 89.0 Å². The minimum absolute atomic E-state index is 0.184. The van der Waals surface area contributed by atoms with Crippen LogP contribution < -0.4 is 10.6 Å². The van der Waals surface area contributed by atoms with Gasteiger partial charge >= 0.3 is 5.97 Å². The molecular weight excluding hydrogens is 306 g/mol. The molecule has 2 N–H and O–H groups in total. The summed E-state index contributed by atoms with van der Waals surface area (Å²) in [6, 6.07) is 4.97. The Morgan fingerprint density at radius 2 is 2.14 bits per heavy atom. The summed E-state index contributed by atoms with van der Waals surface area (Å²) >= 11 is 6.12. The lowest BCUT2D eigenvalue weighted by Gasteiger charge is -2.11. The van der Waals surface area contributed by atoms with Crippen molar-refractivity contribution in [3.05, 3.63) is 35.0 Å². The van der Waals surface area contributed by atoms with Gasteiger partial charge in [-0.25, -0.2) is 4.79 Å². The number of hydrogen-bond acceptors (Lipinski definition) is 7. The molecule has 1 heterocycles. The van der Waals surface area contributed by atoms with E-state index in [1.807, 2.05) is 13.8 Å². The number of carbonyl (C=O) groups excluding carboxylic acids is 1. The number of benzene rings is 1. The average molecular weight is 322 g/mol.